The lowest BCUT2D eigenvalue weighted by molar-refractivity contribution is 0.147. The van der Waals surface area contributed by atoms with Crippen LogP contribution in [-0.2, 0) is 15.5 Å². The zero-order valence-electron chi connectivity index (χ0n) is 18.5. The predicted molar refractivity (Wildman–Crippen MR) is 126 cm³/mol. The quantitative estimate of drug-likeness (QED) is 0.375. The van der Waals surface area contributed by atoms with Crippen LogP contribution in [0.5, 0.6) is 5.75 Å². The molecule has 4 nitrogen and oxygen atoms in total. The lowest BCUT2D eigenvalue weighted by atomic mass is 9.97. The summed E-state index contributed by atoms with van der Waals surface area (Å²) in [6.07, 6.45) is 5.44. The van der Waals surface area contributed by atoms with E-state index in [-0.39, 0.29) is 6.10 Å². The molecule has 0 radical (unpaired) electrons. The number of pyridine rings is 1. The van der Waals surface area contributed by atoms with E-state index in [1.54, 1.807) is 0 Å². The number of halogens is 1. The van der Waals surface area contributed by atoms with Crippen LogP contribution in [0.3, 0.4) is 0 Å². The number of hydrogen-bond donors (Lipinski definition) is 0. The minimum absolute atomic E-state index is 0.183. The molecular formula is C24H33ClNO3P. The first-order valence-electron chi connectivity index (χ1n) is 11.0. The summed E-state index contributed by atoms with van der Waals surface area (Å²) in [7, 11) is -0.838. The number of aryl methyl sites for hydroxylation is 2. The van der Waals surface area contributed by atoms with Crippen molar-refractivity contribution in [1.29, 1.82) is 0 Å². The summed E-state index contributed by atoms with van der Waals surface area (Å²) in [5, 5.41) is 0.762. The van der Waals surface area contributed by atoms with Gasteiger partial charge in [0.2, 0.25) is 0 Å². The SMILES string of the molecule is CCOP(OCC)C1CCCC(Oc2ccc(-c3ccc(Cl)cc3CC)nc2C)C1. The second-order valence-corrected chi connectivity index (χ2v) is 9.87. The molecule has 2 aromatic rings. The van der Waals surface area contributed by atoms with Crippen LogP contribution in [0.1, 0.15) is 57.7 Å². The predicted octanol–water partition coefficient (Wildman–Crippen LogP) is 7.35. The van der Waals surface area contributed by atoms with E-state index in [0.29, 0.717) is 18.9 Å². The van der Waals surface area contributed by atoms with Gasteiger partial charge in [0.1, 0.15) is 5.75 Å². The molecular weight excluding hydrogens is 417 g/mol. The third-order valence-electron chi connectivity index (χ3n) is 5.46. The van der Waals surface area contributed by atoms with Crippen molar-refractivity contribution in [2.45, 2.75) is 71.6 Å². The van der Waals surface area contributed by atoms with Gasteiger partial charge >= 0.3 is 0 Å². The number of hydrogen-bond acceptors (Lipinski definition) is 4. The molecule has 0 aliphatic heterocycles. The van der Waals surface area contributed by atoms with E-state index in [1.807, 2.05) is 32.9 Å². The van der Waals surface area contributed by atoms with E-state index in [2.05, 4.69) is 25.1 Å². The number of ether oxygens (including phenoxy) is 1. The first kappa shape index (κ1) is 23.5. The maximum absolute atomic E-state index is 6.40. The minimum Gasteiger partial charge on any atom is -0.489 e. The molecule has 3 rings (SSSR count). The summed E-state index contributed by atoms with van der Waals surface area (Å²) >= 11 is 6.16. The summed E-state index contributed by atoms with van der Waals surface area (Å²) < 4.78 is 18.2. The standard InChI is InChI=1S/C24H33ClNO3P/c1-5-18-15-19(25)11-12-22(18)23-13-14-24(17(4)26-23)29-20-9-8-10-21(16-20)30(27-6-2)28-7-3/h11-15,20-21H,5-10,16H2,1-4H3. The number of rotatable bonds is 9. The first-order chi connectivity index (χ1) is 14.5. The molecule has 0 amide bonds. The summed E-state index contributed by atoms with van der Waals surface area (Å²) in [5.41, 5.74) is 4.66. The Bertz CT molecular complexity index is 826. The van der Waals surface area contributed by atoms with Crippen molar-refractivity contribution >= 4 is 20.0 Å². The Morgan fingerprint density at radius 2 is 1.83 bits per heavy atom. The van der Waals surface area contributed by atoms with Crippen molar-refractivity contribution in [2.75, 3.05) is 13.2 Å². The molecule has 1 heterocycles. The zero-order valence-corrected chi connectivity index (χ0v) is 20.1. The zero-order chi connectivity index (χ0) is 21.5. The Hall–Kier alpha value is -1.19. The lowest BCUT2D eigenvalue weighted by Crippen LogP contribution is -2.28. The molecule has 30 heavy (non-hydrogen) atoms. The summed E-state index contributed by atoms with van der Waals surface area (Å²) in [4.78, 5) is 4.85. The van der Waals surface area contributed by atoms with Gasteiger partial charge in [-0.25, -0.2) is 4.98 Å². The van der Waals surface area contributed by atoms with Crippen LogP contribution in [-0.4, -0.2) is 30.0 Å². The fraction of sp³-hybridized carbons (Fsp3) is 0.542. The highest BCUT2D eigenvalue weighted by atomic mass is 35.5. The average Bonchev–Trinajstić information content (AvgIpc) is 2.75. The Labute approximate surface area is 187 Å². The van der Waals surface area contributed by atoms with Crippen molar-refractivity contribution in [3.8, 4) is 17.0 Å². The monoisotopic (exact) mass is 449 g/mol. The lowest BCUT2D eigenvalue weighted by Gasteiger charge is -2.33. The molecule has 0 spiro atoms. The second-order valence-electron chi connectivity index (χ2n) is 7.62. The number of aromatic nitrogens is 1. The molecule has 1 fully saturated rings. The van der Waals surface area contributed by atoms with E-state index in [9.17, 15) is 0 Å². The summed E-state index contributed by atoms with van der Waals surface area (Å²) in [6.45, 7) is 9.62. The fourth-order valence-electron chi connectivity index (χ4n) is 4.03. The minimum atomic E-state index is -0.838. The fourth-order valence-corrected chi connectivity index (χ4v) is 6.03. The van der Waals surface area contributed by atoms with Gasteiger partial charge in [-0.2, -0.15) is 0 Å². The molecule has 0 saturated heterocycles. The van der Waals surface area contributed by atoms with Crippen molar-refractivity contribution in [3.63, 3.8) is 0 Å². The van der Waals surface area contributed by atoms with Gasteiger partial charge in [0.15, 0.2) is 8.38 Å². The van der Waals surface area contributed by atoms with Gasteiger partial charge in [-0.15, -0.1) is 0 Å². The Morgan fingerprint density at radius 1 is 1.07 bits per heavy atom. The molecule has 0 bridgehead atoms. The van der Waals surface area contributed by atoms with Gasteiger partial charge in [0, 0.05) is 16.2 Å². The summed E-state index contributed by atoms with van der Waals surface area (Å²) in [6, 6.07) is 10.1. The van der Waals surface area contributed by atoms with Gasteiger partial charge in [0.05, 0.1) is 30.7 Å². The van der Waals surface area contributed by atoms with E-state index < -0.39 is 8.38 Å². The highest BCUT2D eigenvalue weighted by molar-refractivity contribution is 7.48. The molecule has 2 atom stereocenters. The maximum atomic E-state index is 6.40. The molecule has 0 N–H and O–H groups in total. The van der Waals surface area contributed by atoms with Gasteiger partial charge in [-0.1, -0.05) is 24.6 Å². The van der Waals surface area contributed by atoms with Crippen LogP contribution in [0.15, 0.2) is 30.3 Å². The second kappa shape index (κ2) is 11.4. The van der Waals surface area contributed by atoms with Crippen LogP contribution < -0.4 is 4.74 Å². The molecule has 164 valence electrons. The van der Waals surface area contributed by atoms with Crippen molar-refractivity contribution in [2.24, 2.45) is 0 Å². The van der Waals surface area contributed by atoms with Crippen molar-refractivity contribution in [1.82, 2.24) is 4.98 Å². The molecule has 6 heteroatoms. The topological polar surface area (TPSA) is 40.6 Å². The third-order valence-corrected chi connectivity index (χ3v) is 7.79. The van der Waals surface area contributed by atoms with Crippen LogP contribution in [0.25, 0.3) is 11.3 Å². The van der Waals surface area contributed by atoms with Crippen LogP contribution in [0, 0.1) is 6.92 Å². The van der Waals surface area contributed by atoms with E-state index >= 15 is 0 Å². The number of nitrogens with zero attached hydrogens (tertiary/aromatic N) is 1. The highest BCUT2D eigenvalue weighted by Crippen LogP contribution is 2.50. The van der Waals surface area contributed by atoms with E-state index in [1.165, 1.54) is 5.56 Å². The molecule has 1 aromatic carbocycles. The molecule has 1 saturated carbocycles. The van der Waals surface area contributed by atoms with Gasteiger partial charge in [0.25, 0.3) is 0 Å². The summed E-state index contributed by atoms with van der Waals surface area (Å²) in [5.74, 6) is 0.869. The number of benzene rings is 1. The van der Waals surface area contributed by atoms with Crippen LogP contribution in [0.2, 0.25) is 5.02 Å². The maximum Gasteiger partial charge on any atom is 0.173 e. The Kier molecular flexibility index (Phi) is 8.95. The third kappa shape index (κ3) is 5.95. The van der Waals surface area contributed by atoms with Gasteiger partial charge in [-0.3, -0.25) is 0 Å². The van der Waals surface area contributed by atoms with Gasteiger partial charge in [-0.05, 0) is 82.7 Å². The molecule has 2 unspecified atom stereocenters. The average molecular weight is 450 g/mol. The van der Waals surface area contributed by atoms with Gasteiger partial charge < -0.3 is 13.8 Å². The van der Waals surface area contributed by atoms with Crippen LogP contribution >= 0.6 is 20.0 Å². The Balaban J connectivity index is 1.71. The molecule has 1 aliphatic rings. The van der Waals surface area contributed by atoms with Crippen molar-refractivity contribution < 1.29 is 13.8 Å². The van der Waals surface area contributed by atoms with E-state index in [0.717, 1.165) is 59.8 Å². The van der Waals surface area contributed by atoms with E-state index in [4.69, 9.17) is 30.4 Å². The smallest absolute Gasteiger partial charge is 0.173 e. The molecule has 1 aliphatic carbocycles. The van der Waals surface area contributed by atoms with Crippen LogP contribution in [0.4, 0.5) is 0 Å². The first-order valence-corrected chi connectivity index (χ1v) is 12.7. The normalized spacial score (nSPS) is 19.3. The van der Waals surface area contributed by atoms with Crippen molar-refractivity contribution in [3.05, 3.63) is 46.6 Å². The highest BCUT2D eigenvalue weighted by Gasteiger charge is 2.31. The largest absolute Gasteiger partial charge is 0.489 e. The Morgan fingerprint density at radius 3 is 2.50 bits per heavy atom. The molecule has 1 aromatic heterocycles.